The minimum atomic E-state index is -0.477. The highest BCUT2D eigenvalue weighted by Gasteiger charge is 2.15. The maximum absolute atomic E-state index is 13.7. The molecule has 0 bridgehead atoms. The standard InChI is InChI=1S/C22H24FN5O2S/c1-3-28-19(12-13-20(29)25-18-7-5-4-6-17(18)23)26-27-22(28)31-14-21(30)24-16-10-8-15(2)9-11-16/h4-11H,3,12-14H2,1-2H3,(H,24,30)(H,25,29). The number of carbonyl (C=O) groups is 2. The Balaban J connectivity index is 1.52. The van der Waals surface area contributed by atoms with Crippen LogP contribution in [-0.2, 0) is 22.6 Å². The molecule has 31 heavy (non-hydrogen) atoms. The summed E-state index contributed by atoms with van der Waals surface area (Å²) in [6, 6.07) is 13.6. The van der Waals surface area contributed by atoms with Crippen molar-refractivity contribution in [2.75, 3.05) is 16.4 Å². The van der Waals surface area contributed by atoms with Crippen LogP contribution in [-0.4, -0.2) is 32.3 Å². The SMILES string of the molecule is CCn1c(CCC(=O)Nc2ccccc2F)nnc1SCC(=O)Nc1ccc(C)cc1. The lowest BCUT2D eigenvalue weighted by molar-refractivity contribution is -0.116. The van der Waals surface area contributed by atoms with Crippen molar-refractivity contribution in [2.45, 2.75) is 38.4 Å². The predicted molar refractivity (Wildman–Crippen MR) is 120 cm³/mol. The summed E-state index contributed by atoms with van der Waals surface area (Å²) in [4.78, 5) is 24.4. The summed E-state index contributed by atoms with van der Waals surface area (Å²) < 4.78 is 15.5. The summed E-state index contributed by atoms with van der Waals surface area (Å²) in [6.45, 7) is 4.54. The molecule has 0 saturated carbocycles. The van der Waals surface area contributed by atoms with Gasteiger partial charge in [-0.2, -0.15) is 0 Å². The average molecular weight is 442 g/mol. The van der Waals surface area contributed by atoms with E-state index in [1.807, 2.05) is 42.7 Å². The van der Waals surface area contributed by atoms with E-state index in [1.54, 1.807) is 12.1 Å². The molecular formula is C22H24FN5O2S. The molecule has 162 valence electrons. The van der Waals surface area contributed by atoms with Crippen LogP contribution in [0.3, 0.4) is 0 Å². The Morgan fingerprint density at radius 3 is 2.48 bits per heavy atom. The first-order chi connectivity index (χ1) is 15.0. The van der Waals surface area contributed by atoms with Gasteiger partial charge in [-0.1, -0.05) is 41.6 Å². The van der Waals surface area contributed by atoms with Crippen molar-refractivity contribution in [3.63, 3.8) is 0 Å². The molecule has 0 aliphatic heterocycles. The van der Waals surface area contributed by atoms with Gasteiger partial charge < -0.3 is 15.2 Å². The number of hydrogen-bond donors (Lipinski definition) is 2. The first-order valence-electron chi connectivity index (χ1n) is 9.92. The Hall–Kier alpha value is -3.20. The molecule has 3 aromatic rings. The quantitative estimate of drug-likeness (QED) is 0.489. The van der Waals surface area contributed by atoms with Gasteiger partial charge >= 0.3 is 0 Å². The second-order valence-corrected chi connectivity index (χ2v) is 7.82. The normalized spacial score (nSPS) is 10.7. The number of nitrogens with zero attached hydrogens (tertiary/aromatic N) is 3. The second kappa shape index (κ2) is 10.7. The van der Waals surface area contributed by atoms with Crippen LogP contribution in [0.1, 0.15) is 24.7 Å². The fraction of sp³-hybridized carbons (Fsp3) is 0.273. The van der Waals surface area contributed by atoms with E-state index in [2.05, 4.69) is 20.8 Å². The molecule has 9 heteroatoms. The predicted octanol–water partition coefficient (Wildman–Crippen LogP) is 4.05. The number of carbonyl (C=O) groups excluding carboxylic acids is 2. The van der Waals surface area contributed by atoms with E-state index in [4.69, 9.17) is 0 Å². The third kappa shape index (κ3) is 6.39. The molecule has 0 unspecified atom stereocenters. The summed E-state index contributed by atoms with van der Waals surface area (Å²) in [7, 11) is 0. The molecule has 1 aromatic heterocycles. The van der Waals surface area contributed by atoms with Crippen molar-refractivity contribution >= 4 is 35.0 Å². The zero-order valence-corrected chi connectivity index (χ0v) is 18.2. The molecule has 2 amide bonds. The number of aryl methyl sites for hydroxylation is 2. The summed E-state index contributed by atoms with van der Waals surface area (Å²) in [6.07, 6.45) is 0.502. The minimum absolute atomic E-state index is 0.134. The molecule has 2 N–H and O–H groups in total. The molecule has 0 atom stereocenters. The van der Waals surface area contributed by atoms with Crippen molar-refractivity contribution in [1.82, 2.24) is 14.8 Å². The summed E-state index contributed by atoms with van der Waals surface area (Å²) >= 11 is 1.29. The third-order valence-corrected chi connectivity index (χ3v) is 5.47. The van der Waals surface area contributed by atoms with Crippen molar-refractivity contribution in [3.8, 4) is 0 Å². The van der Waals surface area contributed by atoms with Crippen molar-refractivity contribution in [1.29, 1.82) is 0 Å². The highest BCUT2D eigenvalue weighted by Crippen LogP contribution is 2.19. The highest BCUT2D eigenvalue weighted by molar-refractivity contribution is 7.99. The van der Waals surface area contributed by atoms with E-state index in [9.17, 15) is 14.0 Å². The molecule has 0 radical (unpaired) electrons. The van der Waals surface area contributed by atoms with Crippen molar-refractivity contribution in [2.24, 2.45) is 0 Å². The van der Waals surface area contributed by atoms with Gasteiger partial charge in [0.2, 0.25) is 11.8 Å². The number of amides is 2. The number of aromatic nitrogens is 3. The lowest BCUT2D eigenvalue weighted by atomic mass is 10.2. The molecule has 7 nitrogen and oxygen atoms in total. The Morgan fingerprint density at radius 1 is 1.03 bits per heavy atom. The molecule has 0 aliphatic carbocycles. The lowest BCUT2D eigenvalue weighted by Gasteiger charge is -2.09. The van der Waals surface area contributed by atoms with Crippen LogP contribution in [0, 0.1) is 12.7 Å². The minimum Gasteiger partial charge on any atom is -0.325 e. The van der Waals surface area contributed by atoms with Gasteiger partial charge in [0, 0.05) is 25.1 Å². The third-order valence-electron chi connectivity index (χ3n) is 4.50. The van der Waals surface area contributed by atoms with Crippen LogP contribution in [0.15, 0.2) is 53.7 Å². The molecule has 0 spiro atoms. The first-order valence-corrected chi connectivity index (χ1v) is 10.9. The van der Waals surface area contributed by atoms with Crippen molar-refractivity contribution < 1.29 is 14.0 Å². The van der Waals surface area contributed by atoms with Crippen LogP contribution >= 0.6 is 11.8 Å². The van der Waals surface area contributed by atoms with E-state index in [0.29, 0.717) is 23.9 Å². The molecule has 1 heterocycles. The number of halogens is 1. The Kier molecular flexibility index (Phi) is 7.77. The van der Waals surface area contributed by atoms with Crippen LogP contribution < -0.4 is 10.6 Å². The summed E-state index contributed by atoms with van der Waals surface area (Å²) in [5.74, 6) is -0.0738. The Labute approximate surface area is 184 Å². The number of para-hydroxylation sites is 1. The monoisotopic (exact) mass is 441 g/mol. The molecule has 0 saturated heterocycles. The average Bonchev–Trinajstić information content (AvgIpc) is 3.16. The highest BCUT2D eigenvalue weighted by atomic mass is 32.2. The zero-order valence-electron chi connectivity index (χ0n) is 17.4. The number of anilines is 2. The molecule has 2 aromatic carbocycles. The number of rotatable bonds is 9. The van der Waals surface area contributed by atoms with Gasteiger partial charge in [-0.15, -0.1) is 10.2 Å². The number of nitrogens with one attached hydrogen (secondary N) is 2. The van der Waals surface area contributed by atoms with Gasteiger partial charge in [0.05, 0.1) is 11.4 Å². The van der Waals surface area contributed by atoms with Gasteiger partial charge in [0.25, 0.3) is 0 Å². The number of hydrogen-bond acceptors (Lipinski definition) is 5. The zero-order chi connectivity index (χ0) is 22.2. The van der Waals surface area contributed by atoms with E-state index in [1.165, 1.54) is 23.9 Å². The second-order valence-electron chi connectivity index (χ2n) is 6.87. The van der Waals surface area contributed by atoms with E-state index < -0.39 is 5.82 Å². The molecule has 0 fully saturated rings. The first kappa shape index (κ1) is 22.5. The number of thioether (sulfide) groups is 1. The summed E-state index contributed by atoms with van der Waals surface area (Å²) in [5, 5.41) is 14.3. The Bertz CT molecular complexity index is 1050. The Morgan fingerprint density at radius 2 is 1.77 bits per heavy atom. The summed E-state index contributed by atoms with van der Waals surface area (Å²) in [5.41, 5.74) is 2.02. The van der Waals surface area contributed by atoms with E-state index >= 15 is 0 Å². The molecule has 3 rings (SSSR count). The van der Waals surface area contributed by atoms with Gasteiger partial charge in [0.15, 0.2) is 5.16 Å². The van der Waals surface area contributed by atoms with Crippen molar-refractivity contribution in [3.05, 3.63) is 65.7 Å². The maximum atomic E-state index is 13.7. The van der Waals surface area contributed by atoms with Crippen LogP contribution in [0.25, 0.3) is 0 Å². The van der Waals surface area contributed by atoms with Gasteiger partial charge in [-0.25, -0.2) is 4.39 Å². The van der Waals surface area contributed by atoms with Gasteiger partial charge in [0.1, 0.15) is 11.6 Å². The van der Waals surface area contributed by atoms with Crippen LogP contribution in [0.4, 0.5) is 15.8 Å². The molecular weight excluding hydrogens is 417 g/mol. The van der Waals surface area contributed by atoms with Crippen LogP contribution in [0.5, 0.6) is 0 Å². The number of benzene rings is 2. The fourth-order valence-corrected chi connectivity index (χ4v) is 3.71. The molecule has 0 aliphatic rings. The van der Waals surface area contributed by atoms with E-state index in [-0.39, 0.29) is 29.7 Å². The fourth-order valence-electron chi connectivity index (χ4n) is 2.89. The smallest absolute Gasteiger partial charge is 0.234 e. The van der Waals surface area contributed by atoms with Crippen LogP contribution in [0.2, 0.25) is 0 Å². The van der Waals surface area contributed by atoms with E-state index in [0.717, 1.165) is 11.3 Å². The van der Waals surface area contributed by atoms with Gasteiger partial charge in [-0.05, 0) is 38.1 Å². The largest absolute Gasteiger partial charge is 0.325 e. The maximum Gasteiger partial charge on any atom is 0.234 e. The topological polar surface area (TPSA) is 88.9 Å². The lowest BCUT2D eigenvalue weighted by Crippen LogP contribution is -2.16. The van der Waals surface area contributed by atoms with Gasteiger partial charge in [-0.3, -0.25) is 9.59 Å².